The molecule has 0 saturated carbocycles. The zero-order valence-electron chi connectivity index (χ0n) is 10.3. The molecule has 1 unspecified atom stereocenters. The Balaban J connectivity index is 1.92. The lowest BCUT2D eigenvalue weighted by atomic mass is 9.98. The lowest BCUT2D eigenvalue weighted by molar-refractivity contribution is -0.122. The number of hydrogen-bond acceptors (Lipinski definition) is 4. The Kier molecular flexibility index (Phi) is 4.49. The fraction of sp³-hybridized carbons (Fsp3) is 0.417. The molecule has 5 nitrogen and oxygen atoms in total. The topological polar surface area (TPSA) is 75.4 Å². The van der Waals surface area contributed by atoms with Crippen LogP contribution < -0.4 is 11.1 Å². The summed E-state index contributed by atoms with van der Waals surface area (Å²) in [6, 6.07) is 3.55. The Morgan fingerprint density at radius 3 is 2.95 bits per heavy atom. The number of thiophene rings is 1. The molecule has 2 amide bonds. The molecule has 1 aliphatic heterocycles. The highest BCUT2D eigenvalue weighted by atomic mass is 32.1. The molecule has 1 saturated heterocycles. The Bertz CT molecular complexity index is 487. The number of carbonyl (C=O) groups excluding carboxylic acids is 2. The second-order valence-corrected chi connectivity index (χ2v) is 5.76. The van der Waals surface area contributed by atoms with Crippen LogP contribution in [0.4, 0.5) is 0 Å². The summed E-state index contributed by atoms with van der Waals surface area (Å²) in [7, 11) is 0. The maximum atomic E-state index is 11.9. The monoisotopic (exact) mass is 297 g/mol. The molecule has 0 radical (unpaired) electrons. The molecule has 0 bridgehead atoms. The molecule has 0 aromatic carbocycles. The third-order valence-corrected chi connectivity index (χ3v) is 4.31. The molecular formula is C12H15N3O2S2. The number of nitrogens with one attached hydrogen (secondary N) is 1. The summed E-state index contributed by atoms with van der Waals surface area (Å²) in [5.41, 5.74) is 5.31. The van der Waals surface area contributed by atoms with Crippen molar-refractivity contribution >= 4 is 40.5 Å². The second kappa shape index (κ2) is 6.12. The van der Waals surface area contributed by atoms with Crippen LogP contribution in [0, 0.1) is 5.92 Å². The van der Waals surface area contributed by atoms with Crippen LogP contribution in [0.15, 0.2) is 17.5 Å². The van der Waals surface area contributed by atoms with Crippen molar-refractivity contribution in [1.82, 2.24) is 10.2 Å². The minimum Gasteiger partial charge on any atom is -0.369 e. The standard InChI is InChI=1S/C12H15N3O2S2/c13-10(16)8-3-1-5-15(7-8)12(18)14-11(17)9-4-2-6-19-9/h2,4,6,8H,1,3,5,7H2,(H2,13,16)(H,14,17,18). The number of likely N-dealkylation sites (tertiary alicyclic amines) is 1. The minimum atomic E-state index is -0.308. The van der Waals surface area contributed by atoms with Gasteiger partial charge in [-0.25, -0.2) is 0 Å². The number of nitrogens with two attached hydrogens (primary N) is 1. The quantitative estimate of drug-likeness (QED) is 0.797. The van der Waals surface area contributed by atoms with Gasteiger partial charge in [0.25, 0.3) is 5.91 Å². The number of piperidine rings is 1. The number of primary amides is 1. The predicted octanol–water partition coefficient (Wildman–Crippen LogP) is 0.960. The smallest absolute Gasteiger partial charge is 0.267 e. The van der Waals surface area contributed by atoms with Crippen molar-refractivity contribution in [3.8, 4) is 0 Å². The molecular weight excluding hydrogens is 282 g/mol. The van der Waals surface area contributed by atoms with E-state index in [-0.39, 0.29) is 17.7 Å². The molecule has 1 atom stereocenters. The highest BCUT2D eigenvalue weighted by molar-refractivity contribution is 7.80. The first-order valence-electron chi connectivity index (χ1n) is 6.01. The fourth-order valence-electron chi connectivity index (χ4n) is 2.04. The van der Waals surface area contributed by atoms with E-state index in [9.17, 15) is 9.59 Å². The third kappa shape index (κ3) is 3.51. The zero-order chi connectivity index (χ0) is 13.8. The number of hydrogen-bond donors (Lipinski definition) is 2. The summed E-state index contributed by atoms with van der Waals surface area (Å²) >= 11 is 6.57. The average molecular weight is 297 g/mol. The van der Waals surface area contributed by atoms with Crippen LogP contribution in [0.25, 0.3) is 0 Å². The third-order valence-electron chi connectivity index (χ3n) is 3.08. The molecule has 1 aliphatic rings. The average Bonchev–Trinajstić information content (AvgIpc) is 2.92. The SMILES string of the molecule is NC(=O)C1CCCN(C(=S)NC(=O)c2cccs2)C1. The molecule has 2 rings (SSSR count). The van der Waals surface area contributed by atoms with Gasteiger partial charge in [-0.1, -0.05) is 6.07 Å². The van der Waals surface area contributed by atoms with Gasteiger partial charge in [-0.15, -0.1) is 11.3 Å². The van der Waals surface area contributed by atoms with E-state index in [2.05, 4.69) is 5.32 Å². The number of carbonyl (C=O) groups is 2. The summed E-state index contributed by atoms with van der Waals surface area (Å²) in [6.45, 7) is 1.23. The van der Waals surface area contributed by atoms with Gasteiger partial charge in [0.2, 0.25) is 5.91 Å². The van der Waals surface area contributed by atoms with E-state index in [1.165, 1.54) is 11.3 Å². The van der Waals surface area contributed by atoms with E-state index in [0.29, 0.717) is 16.5 Å². The molecule has 2 heterocycles. The van der Waals surface area contributed by atoms with Crippen molar-refractivity contribution in [2.75, 3.05) is 13.1 Å². The van der Waals surface area contributed by atoms with Gasteiger partial charge < -0.3 is 10.6 Å². The van der Waals surface area contributed by atoms with Crippen molar-refractivity contribution in [1.29, 1.82) is 0 Å². The molecule has 7 heteroatoms. The van der Waals surface area contributed by atoms with Crippen molar-refractivity contribution in [2.24, 2.45) is 11.7 Å². The van der Waals surface area contributed by atoms with E-state index in [1.807, 2.05) is 16.3 Å². The molecule has 19 heavy (non-hydrogen) atoms. The summed E-state index contributed by atoms with van der Waals surface area (Å²) in [4.78, 5) is 25.5. The number of thiocarbonyl (C=S) groups is 1. The molecule has 102 valence electrons. The number of nitrogens with zero attached hydrogens (tertiary/aromatic N) is 1. The van der Waals surface area contributed by atoms with Crippen molar-refractivity contribution in [3.05, 3.63) is 22.4 Å². The van der Waals surface area contributed by atoms with Gasteiger partial charge in [-0.2, -0.15) is 0 Å². The van der Waals surface area contributed by atoms with E-state index >= 15 is 0 Å². The Morgan fingerprint density at radius 1 is 1.53 bits per heavy atom. The predicted molar refractivity (Wildman–Crippen MR) is 77.9 cm³/mol. The van der Waals surface area contributed by atoms with Gasteiger partial charge in [0.05, 0.1) is 10.8 Å². The van der Waals surface area contributed by atoms with Gasteiger partial charge in [-0.3, -0.25) is 14.9 Å². The Morgan fingerprint density at radius 2 is 2.32 bits per heavy atom. The fourth-order valence-corrected chi connectivity index (χ4v) is 2.92. The van der Waals surface area contributed by atoms with Gasteiger partial charge >= 0.3 is 0 Å². The summed E-state index contributed by atoms with van der Waals surface area (Å²) in [5, 5.41) is 4.89. The first kappa shape index (κ1) is 14.0. The second-order valence-electron chi connectivity index (χ2n) is 4.42. The minimum absolute atomic E-state index is 0.190. The Hall–Kier alpha value is -1.47. The van der Waals surface area contributed by atoms with Gasteiger partial charge in [0.1, 0.15) is 0 Å². The summed E-state index contributed by atoms with van der Waals surface area (Å²) in [6.07, 6.45) is 1.63. The van der Waals surface area contributed by atoms with E-state index < -0.39 is 0 Å². The number of amides is 2. The first-order chi connectivity index (χ1) is 9.08. The first-order valence-corrected chi connectivity index (χ1v) is 7.30. The summed E-state index contributed by atoms with van der Waals surface area (Å²) < 4.78 is 0. The lowest BCUT2D eigenvalue weighted by Gasteiger charge is -2.32. The maximum absolute atomic E-state index is 11.9. The lowest BCUT2D eigenvalue weighted by Crippen LogP contribution is -2.49. The van der Waals surface area contributed by atoms with Crippen LogP contribution in [0.2, 0.25) is 0 Å². The van der Waals surface area contributed by atoms with Crippen LogP contribution in [0.1, 0.15) is 22.5 Å². The molecule has 1 aromatic heterocycles. The molecule has 0 aliphatic carbocycles. The highest BCUT2D eigenvalue weighted by Gasteiger charge is 2.26. The summed E-state index contributed by atoms with van der Waals surface area (Å²) in [5.74, 6) is -0.705. The van der Waals surface area contributed by atoms with Crippen LogP contribution in [0.5, 0.6) is 0 Å². The van der Waals surface area contributed by atoms with Crippen LogP contribution in [-0.2, 0) is 4.79 Å². The van der Waals surface area contributed by atoms with E-state index in [0.717, 1.165) is 19.4 Å². The molecule has 1 aromatic rings. The van der Waals surface area contributed by atoms with Crippen LogP contribution >= 0.6 is 23.6 Å². The Labute approximate surface area is 120 Å². The van der Waals surface area contributed by atoms with Crippen LogP contribution in [0.3, 0.4) is 0 Å². The van der Waals surface area contributed by atoms with Gasteiger partial charge in [-0.05, 0) is 36.5 Å². The molecule has 0 spiro atoms. The van der Waals surface area contributed by atoms with Crippen molar-refractivity contribution in [2.45, 2.75) is 12.8 Å². The number of rotatable bonds is 2. The maximum Gasteiger partial charge on any atom is 0.267 e. The largest absolute Gasteiger partial charge is 0.369 e. The highest BCUT2D eigenvalue weighted by Crippen LogP contribution is 2.16. The van der Waals surface area contributed by atoms with E-state index in [1.54, 1.807) is 6.07 Å². The van der Waals surface area contributed by atoms with Crippen molar-refractivity contribution in [3.63, 3.8) is 0 Å². The van der Waals surface area contributed by atoms with Crippen molar-refractivity contribution < 1.29 is 9.59 Å². The normalized spacial score (nSPS) is 18.9. The zero-order valence-corrected chi connectivity index (χ0v) is 11.9. The van der Waals surface area contributed by atoms with Crippen LogP contribution in [-0.4, -0.2) is 34.9 Å². The van der Waals surface area contributed by atoms with Gasteiger partial charge in [0.15, 0.2) is 5.11 Å². The molecule has 1 fully saturated rings. The van der Waals surface area contributed by atoms with Gasteiger partial charge in [0, 0.05) is 13.1 Å². The molecule has 3 N–H and O–H groups in total. The van der Waals surface area contributed by atoms with E-state index in [4.69, 9.17) is 18.0 Å².